The summed E-state index contributed by atoms with van der Waals surface area (Å²) in [5.74, 6) is -0.112. The molecule has 0 radical (unpaired) electrons. The van der Waals surface area contributed by atoms with E-state index in [2.05, 4.69) is 16.9 Å². The minimum atomic E-state index is -0.112. The number of anilines is 1. The first-order chi connectivity index (χ1) is 8.60. The molecule has 0 aliphatic carbocycles. The van der Waals surface area contributed by atoms with Crippen molar-refractivity contribution in [2.24, 2.45) is 0 Å². The second kappa shape index (κ2) is 4.96. The molecule has 1 aromatic carbocycles. The van der Waals surface area contributed by atoms with E-state index >= 15 is 0 Å². The predicted octanol–water partition coefficient (Wildman–Crippen LogP) is 2.44. The molecule has 1 atom stereocenters. The van der Waals surface area contributed by atoms with Crippen molar-refractivity contribution in [2.75, 3.05) is 5.73 Å². The van der Waals surface area contributed by atoms with Crippen LogP contribution in [0.5, 0.6) is 0 Å². The van der Waals surface area contributed by atoms with Gasteiger partial charge in [0.2, 0.25) is 0 Å². The van der Waals surface area contributed by atoms with Gasteiger partial charge in [0.05, 0.1) is 0 Å². The van der Waals surface area contributed by atoms with Crippen LogP contribution in [0.15, 0.2) is 36.9 Å². The summed E-state index contributed by atoms with van der Waals surface area (Å²) in [7, 11) is 0. The van der Waals surface area contributed by atoms with Gasteiger partial charge in [0.25, 0.3) is 5.91 Å². The fraction of sp³-hybridized carbons (Fsp3) is 0.214. The number of benzene rings is 1. The zero-order valence-corrected chi connectivity index (χ0v) is 10.4. The number of rotatable bonds is 4. The van der Waals surface area contributed by atoms with Crippen LogP contribution in [0.25, 0.3) is 10.9 Å². The lowest BCUT2D eigenvalue weighted by Gasteiger charge is -2.10. The number of fused-ring (bicyclic) bond motifs is 1. The van der Waals surface area contributed by atoms with Crippen molar-refractivity contribution < 1.29 is 4.79 Å². The summed E-state index contributed by atoms with van der Waals surface area (Å²) in [4.78, 5) is 15.1. The molecule has 4 N–H and O–H groups in total. The zero-order valence-electron chi connectivity index (χ0n) is 10.4. The molecule has 0 bridgehead atoms. The molecule has 0 saturated carbocycles. The molecule has 4 heteroatoms. The smallest absolute Gasteiger partial charge is 0.267 e. The van der Waals surface area contributed by atoms with E-state index in [1.54, 1.807) is 12.1 Å². The molecule has 4 nitrogen and oxygen atoms in total. The number of hydrogen-bond donors (Lipinski definition) is 3. The lowest BCUT2D eigenvalue weighted by Crippen LogP contribution is -2.32. The number of nitrogen functional groups attached to an aromatic ring is 1. The number of carbonyl (C=O) groups excluding carboxylic acids is 1. The average Bonchev–Trinajstić information content (AvgIpc) is 2.72. The topological polar surface area (TPSA) is 70.9 Å². The largest absolute Gasteiger partial charge is 0.399 e. The Morgan fingerprint density at radius 3 is 3.06 bits per heavy atom. The van der Waals surface area contributed by atoms with Crippen molar-refractivity contribution in [2.45, 2.75) is 19.4 Å². The lowest BCUT2D eigenvalue weighted by atomic mass is 10.2. The van der Waals surface area contributed by atoms with Crippen molar-refractivity contribution >= 4 is 22.5 Å². The van der Waals surface area contributed by atoms with Crippen molar-refractivity contribution in [1.29, 1.82) is 0 Å². The van der Waals surface area contributed by atoms with Gasteiger partial charge in [-0.15, -0.1) is 6.58 Å². The summed E-state index contributed by atoms with van der Waals surface area (Å²) in [5, 5.41) is 3.84. The first-order valence-corrected chi connectivity index (χ1v) is 5.90. The number of carbonyl (C=O) groups is 1. The molecule has 1 heterocycles. The van der Waals surface area contributed by atoms with Crippen LogP contribution in [0.4, 0.5) is 5.69 Å². The minimum Gasteiger partial charge on any atom is -0.399 e. The Bertz CT molecular complexity index is 586. The molecule has 0 aliphatic rings. The Labute approximate surface area is 106 Å². The van der Waals surface area contributed by atoms with Gasteiger partial charge in [-0.1, -0.05) is 6.08 Å². The van der Waals surface area contributed by atoms with Gasteiger partial charge in [0.15, 0.2) is 0 Å². The molecule has 0 aliphatic heterocycles. The van der Waals surface area contributed by atoms with E-state index in [4.69, 9.17) is 5.73 Å². The third-order valence-electron chi connectivity index (χ3n) is 2.79. The van der Waals surface area contributed by atoms with Crippen molar-refractivity contribution in [3.05, 3.63) is 42.6 Å². The lowest BCUT2D eigenvalue weighted by molar-refractivity contribution is 0.0936. The number of H-pyrrole nitrogens is 1. The molecular formula is C14H17N3O. The molecule has 1 unspecified atom stereocenters. The van der Waals surface area contributed by atoms with Crippen molar-refractivity contribution in [3.63, 3.8) is 0 Å². The van der Waals surface area contributed by atoms with E-state index in [1.807, 2.05) is 25.1 Å². The van der Waals surface area contributed by atoms with Gasteiger partial charge < -0.3 is 16.0 Å². The molecule has 0 saturated heterocycles. The summed E-state index contributed by atoms with van der Waals surface area (Å²) in [6.07, 6.45) is 2.54. The molecular weight excluding hydrogens is 226 g/mol. The van der Waals surface area contributed by atoms with Crippen LogP contribution in [-0.4, -0.2) is 16.9 Å². The fourth-order valence-corrected chi connectivity index (χ4v) is 1.88. The molecule has 18 heavy (non-hydrogen) atoms. The quantitative estimate of drug-likeness (QED) is 0.570. The van der Waals surface area contributed by atoms with Crippen molar-refractivity contribution in [1.82, 2.24) is 10.3 Å². The Morgan fingerprint density at radius 1 is 1.56 bits per heavy atom. The number of hydrogen-bond acceptors (Lipinski definition) is 2. The summed E-state index contributed by atoms with van der Waals surface area (Å²) in [5.41, 5.74) is 7.85. The van der Waals surface area contributed by atoms with E-state index in [-0.39, 0.29) is 11.9 Å². The predicted molar refractivity (Wildman–Crippen MR) is 74.5 cm³/mol. The SMILES string of the molecule is C=CCC(C)NC(=O)c1cc2cc(N)ccc2[nH]1. The van der Waals surface area contributed by atoms with E-state index < -0.39 is 0 Å². The second-order valence-electron chi connectivity index (χ2n) is 4.43. The van der Waals surface area contributed by atoms with Crippen LogP contribution in [0.1, 0.15) is 23.8 Å². The monoisotopic (exact) mass is 243 g/mol. The van der Waals surface area contributed by atoms with Crippen LogP contribution in [0.2, 0.25) is 0 Å². The zero-order chi connectivity index (χ0) is 13.1. The Hall–Kier alpha value is -2.23. The van der Waals surface area contributed by atoms with Gasteiger partial charge in [-0.2, -0.15) is 0 Å². The highest BCUT2D eigenvalue weighted by Gasteiger charge is 2.11. The first kappa shape index (κ1) is 12.2. The van der Waals surface area contributed by atoms with Gasteiger partial charge in [0, 0.05) is 22.6 Å². The molecule has 1 aromatic heterocycles. The van der Waals surface area contributed by atoms with Crippen LogP contribution in [0.3, 0.4) is 0 Å². The maximum Gasteiger partial charge on any atom is 0.267 e. The van der Waals surface area contributed by atoms with Crippen LogP contribution >= 0.6 is 0 Å². The maximum absolute atomic E-state index is 12.0. The number of nitrogens with two attached hydrogens (primary N) is 1. The highest BCUT2D eigenvalue weighted by molar-refractivity contribution is 5.98. The molecule has 2 rings (SSSR count). The first-order valence-electron chi connectivity index (χ1n) is 5.90. The molecule has 0 fully saturated rings. The second-order valence-corrected chi connectivity index (χ2v) is 4.43. The van der Waals surface area contributed by atoms with Gasteiger partial charge in [-0.25, -0.2) is 0 Å². The Morgan fingerprint density at radius 2 is 2.33 bits per heavy atom. The van der Waals surface area contributed by atoms with E-state index in [1.165, 1.54) is 0 Å². The van der Waals surface area contributed by atoms with Crippen molar-refractivity contribution in [3.8, 4) is 0 Å². The molecule has 1 amide bonds. The van der Waals surface area contributed by atoms with Crippen LogP contribution in [0, 0.1) is 0 Å². The highest BCUT2D eigenvalue weighted by atomic mass is 16.1. The third-order valence-corrected chi connectivity index (χ3v) is 2.79. The highest BCUT2D eigenvalue weighted by Crippen LogP contribution is 2.18. The minimum absolute atomic E-state index is 0.0754. The number of nitrogens with one attached hydrogen (secondary N) is 2. The van der Waals surface area contributed by atoms with Gasteiger partial charge >= 0.3 is 0 Å². The van der Waals surface area contributed by atoms with E-state index in [0.717, 1.165) is 17.3 Å². The summed E-state index contributed by atoms with van der Waals surface area (Å²) in [6.45, 7) is 5.60. The van der Waals surface area contributed by atoms with E-state index in [9.17, 15) is 4.79 Å². The molecule has 94 valence electrons. The number of aromatic amines is 1. The third kappa shape index (κ3) is 2.53. The fourth-order valence-electron chi connectivity index (χ4n) is 1.88. The van der Waals surface area contributed by atoms with Crippen LogP contribution < -0.4 is 11.1 Å². The summed E-state index contributed by atoms with van der Waals surface area (Å²) in [6, 6.07) is 7.40. The Balaban J connectivity index is 2.20. The van der Waals surface area contributed by atoms with Gasteiger partial charge in [-0.3, -0.25) is 4.79 Å². The number of amides is 1. The maximum atomic E-state index is 12.0. The van der Waals surface area contributed by atoms with E-state index in [0.29, 0.717) is 11.4 Å². The Kier molecular flexibility index (Phi) is 3.37. The standard InChI is InChI=1S/C14H17N3O/c1-3-4-9(2)16-14(18)13-8-10-7-11(15)5-6-12(10)17-13/h3,5-9,17H,1,4,15H2,2H3,(H,16,18). The average molecular weight is 243 g/mol. The molecule has 0 spiro atoms. The summed E-state index contributed by atoms with van der Waals surface area (Å²) < 4.78 is 0. The summed E-state index contributed by atoms with van der Waals surface area (Å²) >= 11 is 0. The normalized spacial score (nSPS) is 12.3. The van der Waals surface area contributed by atoms with Gasteiger partial charge in [-0.05, 0) is 37.6 Å². The van der Waals surface area contributed by atoms with Crippen LogP contribution in [-0.2, 0) is 0 Å². The van der Waals surface area contributed by atoms with Gasteiger partial charge in [0.1, 0.15) is 5.69 Å². The number of aromatic nitrogens is 1. The molecule has 2 aromatic rings.